The monoisotopic (exact) mass is 139 g/mol. The Hall–Kier alpha value is -1.12. The molecule has 0 saturated carbocycles. The third-order valence-corrected chi connectivity index (χ3v) is 0.818. The Morgan fingerprint density at radius 2 is 2.10 bits per heavy atom. The van der Waals surface area contributed by atoms with Crippen LogP contribution in [-0.2, 0) is 0 Å². The molecule has 1 N–H and O–H groups in total. The van der Waals surface area contributed by atoms with Crippen molar-refractivity contribution in [2.75, 3.05) is 7.05 Å². The van der Waals surface area contributed by atoms with Crippen molar-refractivity contribution < 1.29 is 0 Å². The van der Waals surface area contributed by atoms with Gasteiger partial charge in [0, 0.05) is 12.8 Å². The first-order valence-corrected chi connectivity index (χ1v) is 3.07. The van der Waals surface area contributed by atoms with Crippen molar-refractivity contribution in [2.24, 2.45) is 9.98 Å². The minimum absolute atomic E-state index is 0.616. The molecule has 0 fully saturated rings. The third-order valence-electron chi connectivity index (χ3n) is 0.818. The van der Waals surface area contributed by atoms with Crippen molar-refractivity contribution in [2.45, 2.75) is 13.8 Å². The fraction of sp³-hybridized carbons (Fsp3) is 0.429. The smallest absolute Gasteiger partial charge is 0.120 e. The molecular weight excluding hydrogens is 126 g/mol. The van der Waals surface area contributed by atoms with E-state index < -0.39 is 0 Å². The summed E-state index contributed by atoms with van der Waals surface area (Å²) in [5.74, 6) is 0.616. The summed E-state index contributed by atoms with van der Waals surface area (Å²) in [5, 5.41) is 2.78. The van der Waals surface area contributed by atoms with Gasteiger partial charge in [-0.2, -0.15) is 0 Å². The van der Waals surface area contributed by atoms with Crippen LogP contribution in [0.5, 0.6) is 0 Å². The Morgan fingerprint density at radius 1 is 1.50 bits per heavy atom. The lowest BCUT2D eigenvalue weighted by molar-refractivity contribution is 0.975. The van der Waals surface area contributed by atoms with Crippen molar-refractivity contribution in [1.82, 2.24) is 5.32 Å². The van der Waals surface area contributed by atoms with Crippen molar-refractivity contribution >= 4 is 12.1 Å². The molecule has 0 aliphatic carbocycles. The molecule has 0 aromatic carbocycles. The summed E-state index contributed by atoms with van der Waals surface area (Å²) < 4.78 is 0. The number of hydrogen-bond donors (Lipinski definition) is 1. The Labute approximate surface area is 61.6 Å². The van der Waals surface area contributed by atoms with E-state index in [4.69, 9.17) is 0 Å². The van der Waals surface area contributed by atoms with E-state index in [1.165, 1.54) is 6.34 Å². The van der Waals surface area contributed by atoms with Gasteiger partial charge < -0.3 is 5.32 Å². The van der Waals surface area contributed by atoms with Crippen LogP contribution < -0.4 is 5.32 Å². The van der Waals surface area contributed by atoms with E-state index in [1.54, 1.807) is 7.05 Å². The molecule has 0 aromatic heterocycles. The zero-order chi connectivity index (χ0) is 7.98. The first-order chi connectivity index (χ1) is 4.66. The predicted octanol–water partition coefficient (Wildman–Crippen LogP) is 1.19. The highest BCUT2D eigenvalue weighted by atomic mass is 15.0. The number of aliphatic imine (C=N–C) groups is 2. The molecule has 0 saturated heterocycles. The van der Waals surface area contributed by atoms with Crippen molar-refractivity contribution in [1.29, 1.82) is 0 Å². The topological polar surface area (TPSA) is 36.8 Å². The number of nitrogens with zero attached hydrogens (tertiary/aromatic N) is 2. The Kier molecular flexibility index (Phi) is 4.20. The molecule has 0 unspecified atom stereocenters. The van der Waals surface area contributed by atoms with E-state index >= 15 is 0 Å². The van der Waals surface area contributed by atoms with Crippen LogP contribution in [0.15, 0.2) is 22.4 Å². The molecule has 0 aliphatic rings. The minimum atomic E-state index is 0.616. The molecule has 0 spiro atoms. The van der Waals surface area contributed by atoms with Gasteiger partial charge in [0.25, 0.3) is 0 Å². The van der Waals surface area contributed by atoms with Gasteiger partial charge in [-0.05, 0) is 13.8 Å². The summed E-state index contributed by atoms with van der Waals surface area (Å²) in [6, 6.07) is 0. The second-order valence-electron chi connectivity index (χ2n) is 2.02. The molecule has 0 amide bonds. The maximum Gasteiger partial charge on any atom is 0.120 e. The van der Waals surface area contributed by atoms with Crippen LogP contribution in [0.25, 0.3) is 0 Å². The van der Waals surface area contributed by atoms with E-state index in [0.29, 0.717) is 5.82 Å². The van der Waals surface area contributed by atoms with Gasteiger partial charge in [0.15, 0.2) is 0 Å². The fourth-order valence-electron chi connectivity index (χ4n) is 0.279. The van der Waals surface area contributed by atoms with E-state index in [0.717, 1.165) is 5.71 Å². The first-order valence-electron chi connectivity index (χ1n) is 3.07. The van der Waals surface area contributed by atoms with Crippen molar-refractivity contribution in [3.05, 3.63) is 12.4 Å². The summed E-state index contributed by atoms with van der Waals surface area (Å²) in [5.41, 5.74) is 0.979. The second kappa shape index (κ2) is 4.73. The van der Waals surface area contributed by atoms with Gasteiger partial charge in [0.2, 0.25) is 0 Å². The maximum atomic E-state index is 3.94. The average molecular weight is 139 g/mol. The van der Waals surface area contributed by atoms with E-state index in [-0.39, 0.29) is 0 Å². The summed E-state index contributed by atoms with van der Waals surface area (Å²) in [7, 11) is 1.77. The number of nitrogens with one attached hydrogen (secondary N) is 1. The zero-order valence-electron chi connectivity index (χ0n) is 6.68. The Morgan fingerprint density at radius 3 is 2.50 bits per heavy atom. The SMILES string of the molecule is C=C(N=CN=C(C)C)NC. The van der Waals surface area contributed by atoms with Crippen LogP contribution in [0.2, 0.25) is 0 Å². The molecule has 10 heavy (non-hydrogen) atoms. The highest BCUT2D eigenvalue weighted by Crippen LogP contribution is 1.81. The summed E-state index contributed by atoms with van der Waals surface area (Å²) in [6.07, 6.45) is 1.48. The van der Waals surface area contributed by atoms with Gasteiger partial charge >= 0.3 is 0 Å². The van der Waals surface area contributed by atoms with Crippen molar-refractivity contribution in [3.63, 3.8) is 0 Å². The molecule has 0 radical (unpaired) electrons. The van der Waals surface area contributed by atoms with Gasteiger partial charge in [-0.25, -0.2) is 9.98 Å². The van der Waals surface area contributed by atoms with E-state index in [9.17, 15) is 0 Å². The zero-order valence-corrected chi connectivity index (χ0v) is 6.68. The van der Waals surface area contributed by atoms with Gasteiger partial charge in [-0.15, -0.1) is 0 Å². The quantitative estimate of drug-likeness (QED) is 0.462. The van der Waals surface area contributed by atoms with E-state index in [1.807, 2.05) is 13.8 Å². The predicted molar refractivity (Wildman–Crippen MR) is 45.5 cm³/mol. The molecule has 0 bridgehead atoms. The van der Waals surface area contributed by atoms with Gasteiger partial charge in [0.05, 0.1) is 0 Å². The second-order valence-corrected chi connectivity index (χ2v) is 2.02. The van der Waals surface area contributed by atoms with Gasteiger partial charge in [-0.3, -0.25) is 0 Å². The Bertz CT molecular complexity index is 164. The number of hydrogen-bond acceptors (Lipinski definition) is 2. The lowest BCUT2D eigenvalue weighted by Crippen LogP contribution is -2.00. The maximum absolute atomic E-state index is 3.94. The van der Waals surface area contributed by atoms with E-state index in [2.05, 4.69) is 21.9 Å². The minimum Gasteiger partial charge on any atom is -0.374 e. The molecule has 0 atom stereocenters. The van der Waals surface area contributed by atoms with Crippen LogP contribution >= 0.6 is 0 Å². The summed E-state index contributed by atoms with van der Waals surface area (Å²) >= 11 is 0. The van der Waals surface area contributed by atoms with Gasteiger partial charge in [-0.1, -0.05) is 6.58 Å². The molecule has 0 heterocycles. The summed E-state index contributed by atoms with van der Waals surface area (Å²) in [6.45, 7) is 7.41. The molecule has 56 valence electrons. The molecule has 3 nitrogen and oxygen atoms in total. The molecule has 0 rings (SSSR count). The lowest BCUT2D eigenvalue weighted by Gasteiger charge is -1.92. The largest absolute Gasteiger partial charge is 0.374 e. The van der Waals surface area contributed by atoms with Crippen LogP contribution in [-0.4, -0.2) is 19.1 Å². The average Bonchev–Trinajstić information content (AvgIpc) is 1.87. The fourth-order valence-corrected chi connectivity index (χ4v) is 0.279. The number of rotatable bonds is 3. The highest BCUT2D eigenvalue weighted by molar-refractivity contribution is 5.86. The standard InChI is InChI=1S/C7H13N3/c1-6(2)9-5-10-7(3)8-4/h5,8H,3H2,1-2,4H3. The molecule has 0 aromatic rings. The lowest BCUT2D eigenvalue weighted by atomic mass is 10.5. The normalized spacial score (nSPS) is 9.50. The summed E-state index contributed by atoms with van der Waals surface area (Å²) in [4.78, 5) is 7.80. The van der Waals surface area contributed by atoms with Crippen LogP contribution in [0.4, 0.5) is 0 Å². The molecule has 0 aliphatic heterocycles. The third kappa shape index (κ3) is 5.03. The van der Waals surface area contributed by atoms with Gasteiger partial charge in [0.1, 0.15) is 12.2 Å². The van der Waals surface area contributed by atoms with Crippen LogP contribution in [0.1, 0.15) is 13.8 Å². The van der Waals surface area contributed by atoms with Crippen molar-refractivity contribution in [3.8, 4) is 0 Å². The highest BCUT2D eigenvalue weighted by Gasteiger charge is 1.77. The molecular formula is C7H13N3. The van der Waals surface area contributed by atoms with Crippen LogP contribution in [0.3, 0.4) is 0 Å². The molecule has 3 heteroatoms. The van der Waals surface area contributed by atoms with Crippen LogP contribution in [0, 0.1) is 0 Å². The first kappa shape index (κ1) is 8.88. The Balaban J connectivity index is 3.77.